The van der Waals surface area contributed by atoms with Crippen LogP contribution in [-0.4, -0.2) is 19.2 Å². The van der Waals surface area contributed by atoms with Crippen molar-refractivity contribution in [1.29, 1.82) is 0 Å². The van der Waals surface area contributed by atoms with Crippen LogP contribution in [0.3, 0.4) is 0 Å². The molecular weight excluding hydrogens is 246 g/mol. The van der Waals surface area contributed by atoms with Crippen LogP contribution in [0.5, 0.6) is 0 Å². The van der Waals surface area contributed by atoms with Gasteiger partial charge in [-0.2, -0.15) is 0 Å². The molecule has 0 amide bonds. The zero-order chi connectivity index (χ0) is 14.7. The molecular formula is C18H29NO. The van der Waals surface area contributed by atoms with E-state index in [0.29, 0.717) is 12.0 Å². The lowest BCUT2D eigenvalue weighted by molar-refractivity contribution is -0.0289. The third-order valence-electron chi connectivity index (χ3n) is 4.26. The molecule has 1 aliphatic rings. The molecule has 2 atom stereocenters. The molecule has 2 heteroatoms. The lowest BCUT2D eigenvalue weighted by Gasteiger charge is -2.34. The molecule has 0 saturated carbocycles. The van der Waals surface area contributed by atoms with Crippen LogP contribution in [0.15, 0.2) is 12.1 Å². The quantitative estimate of drug-likeness (QED) is 0.894. The summed E-state index contributed by atoms with van der Waals surface area (Å²) in [4.78, 5) is 0. The first-order valence-corrected chi connectivity index (χ1v) is 7.91. The van der Waals surface area contributed by atoms with E-state index in [1.165, 1.54) is 35.1 Å². The van der Waals surface area contributed by atoms with Crippen LogP contribution < -0.4 is 5.32 Å². The average Bonchev–Trinajstić information content (AvgIpc) is 2.36. The molecule has 1 saturated heterocycles. The normalized spacial score (nSPS) is 23.3. The molecule has 1 aromatic rings. The van der Waals surface area contributed by atoms with Crippen molar-refractivity contribution in [2.24, 2.45) is 5.92 Å². The number of aryl methyl sites for hydroxylation is 3. The van der Waals surface area contributed by atoms with Gasteiger partial charge < -0.3 is 10.1 Å². The van der Waals surface area contributed by atoms with Gasteiger partial charge in [0.15, 0.2) is 0 Å². The van der Waals surface area contributed by atoms with Gasteiger partial charge in [0.05, 0.1) is 6.10 Å². The van der Waals surface area contributed by atoms with Crippen molar-refractivity contribution in [3.05, 3.63) is 34.4 Å². The van der Waals surface area contributed by atoms with Gasteiger partial charge in [-0.15, -0.1) is 0 Å². The van der Waals surface area contributed by atoms with E-state index >= 15 is 0 Å². The fourth-order valence-corrected chi connectivity index (χ4v) is 3.40. The van der Waals surface area contributed by atoms with E-state index in [2.05, 4.69) is 52.1 Å². The van der Waals surface area contributed by atoms with Crippen molar-refractivity contribution >= 4 is 0 Å². The van der Waals surface area contributed by atoms with Crippen molar-refractivity contribution in [3.63, 3.8) is 0 Å². The number of rotatable bonds is 4. The van der Waals surface area contributed by atoms with E-state index in [4.69, 9.17) is 4.74 Å². The van der Waals surface area contributed by atoms with Gasteiger partial charge in [0.25, 0.3) is 0 Å². The second-order valence-corrected chi connectivity index (χ2v) is 6.57. The summed E-state index contributed by atoms with van der Waals surface area (Å²) in [5, 5.41) is 3.59. The fourth-order valence-electron chi connectivity index (χ4n) is 3.40. The van der Waals surface area contributed by atoms with E-state index in [-0.39, 0.29) is 6.10 Å². The third kappa shape index (κ3) is 3.62. The lowest BCUT2D eigenvalue weighted by atomic mass is 9.84. The maximum atomic E-state index is 6.17. The van der Waals surface area contributed by atoms with Gasteiger partial charge in [0.2, 0.25) is 0 Å². The zero-order valence-corrected chi connectivity index (χ0v) is 13.6. The minimum atomic E-state index is 0.260. The highest BCUT2D eigenvalue weighted by atomic mass is 16.5. The van der Waals surface area contributed by atoms with Crippen LogP contribution in [0.4, 0.5) is 0 Å². The molecule has 0 spiro atoms. The second-order valence-electron chi connectivity index (χ2n) is 6.57. The van der Waals surface area contributed by atoms with Crippen LogP contribution in [0.1, 0.15) is 55.0 Å². The molecule has 2 unspecified atom stereocenters. The molecule has 20 heavy (non-hydrogen) atoms. The summed E-state index contributed by atoms with van der Waals surface area (Å²) in [5.74, 6) is 0.589. The number of hydrogen-bond donors (Lipinski definition) is 1. The predicted molar refractivity (Wildman–Crippen MR) is 85.2 cm³/mol. The summed E-state index contributed by atoms with van der Waals surface area (Å²) < 4.78 is 6.17. The number of ether oxygens (including phenoxy) is 1. The van der Waals surface area contributed by atoms with E-state index < -0.39 is 0 Å². The first-order chi connectivity index (χ1) is 9.49. The Labute approximate surface area is 123 Å². The van der Waals surface area contributed by atoms with Gasteiger partial charge >= 0.3 is 0 Å². The second kappa shape index (κ2) is 6.73. The van der Waals surface area contributed by atoms with Gasteiger partial charge in [0.1, 0.15) is 0 Å². The van der Waals surface area contributed by atoms with Gasteiger partial charge in [-0.1, -0.05) is 31.5 Å². The molecule has 0 aliphatic carbocycles. The Morgan fingerprint density at radius 1 is 1.20 bits per heavy atom. The highest BCUT2D eigenvalue weighted by Crippen LogP contribution is 2.37. The van der Waals surface area contributed by atoms with E-state index in [1.807, 2.05) is 0 Å². The summed E-state index contributed by atoms with van der Waals surface area (Å²) in [7, 11) is 0. The Morgan fingerprint density at radius 2 is 1.85 bits per heavy atom. The van der Waals surface area contributed by atoms with Crippen LogP contribution in [-0.2, 0) is 4.74 Å². The number of nitrogens with one attached hydrogen (secondary N) is 1. The van der Waals surface area contributed by atoms with Gasteiger partial charge in [0, 0.05) is 25.1 Å². The highest BCUT2D eigenvalue weighted by Gasteiger charge is 2.29. The van der Waals surface area contributed by atoms with E-state index in [1.54, 1.807) is 0 Å². The van der Waals surface area contributed by atoms with E-state index in [9.17, 15) is 0 Å². The fraction of sp³-hybridized carbons (Fsp3) is 0.667. The van der Waals surface area contributed by atoms with Crippen molar-refractivity contribution in [1.82, 2.24) is 5.32 Å². The molecule has 0 radical (unpaired) electrons. The summed E-state index contributed by atoms with van der Waals surface area (Å²) in [5.41, 5.74) is 5.52. The smallest absolute Gasteiger partial charge is 0.0870 e. The minimum absolute atomic E-state index is 0.260. The molecule has 2 nitrogen and oxygen atoms in total. The van der Waals surface area contributed by atoms with Crippen LogP contribution >= 0.6 is 0 Å². The van der Waals surface area contributed by atoms with Crippen molar-refractivity contribution < 1.29 is 4.74 Å². The molecule has 1 N–H and O–H groups in total. The molecule has 112 valence electrons. The predicted octanol–water partition coefficient (Wildman–Crippen LogP) is 4.08. The van der Waals surface area contributed by atoms with Crippen LogP contribution in [0, 0.1) is 26.7 Å². The SMILES string of the molecule is Cc1cc(C)c(C2OCCCC2CNC(C)C)c(C)c1. The average molecular weight is 275 g/mol. The maximum Gasteiger partial charge on any atom is 0.0870 e. The Hall–Kier alpha value is -0.860. The summed E-state index contributed by atoms with van der Waals surface area (Å²) in [6.45, 7) is 13.0. The molecule has 1 heterocycles. The standard InChI is InChI=1S/C18H29NO/c1-12(2)19-11-16-7-6-8-20-18(16)17-14(4)9-13(3)10-15(17)5/h9-10,12,16,18-19H,6-8,11H2,1-5H3. The topological polar surface area (TPSA) is 21.3 Å². The number of hydrogen-bond acceptors (Lipinski definition) is 2. The van der Waals surface area contributed by atoms with Crippen molar-refractivity contribution in [3.8, 4) is 0 Å². The summed E-state index contributed by atoms with van der Waals surface area (Å²) in [6.07, 6.45) is 2.71. The van der Waals surface area contributed by atoms with Gasteiger partial charge in [-0.05, 0) is 50.3 Å². The Bertz CT molecular complexity index is 430. The minimum Gasteiger partial charge on any atom is -0.373 e. The summed E-state index contributed by atoms with van der Waals surface area (Å²) in [6, 6.07) is 5.11. The van der Waals surface area contributed by atoms with Crippen molar-refractivity contribution in [2.45, 2.75) is 59.6 Å². The van der Waals surface area contributed by atoms with Crippen LogP contribution in [0.2, 0.25) is 0 Å². The highest BCUT2D eigenvalue weighted by molar-refractivity contribution is 5.39. The lowest BCUT2D eigenvalue weighted by Crippen LogP contribution is -2.35. The molecule has 1 fully saturated rings. The van der Waals surface area contributed by atoms with Crippen LogP contribution in [0.25, 0.3) is 0 Å². The zero-order valence-electron chi connectivity index (χ0n) is 13.6. The Morgan fingerprint density at radius 3 is 2.45 bits per heavy atom. The molecule has 1 aliphatic heterocycles. The summed E-state index contributed by atoms with van der Waals surface area (Å²) >= 11 is 0. The molecule has 0 bridgehead atoms. The number of benzene rings is 1. The first-order valence-electron chi connectivity index (χ1n) is 7.91. The molecule has 2 rings (SSSR count). The Balaban J connectivity index is 2.23. The van der Waals surface area contributed by atoms with Gasteiger partial charge in [-0.3, -0.25) is 0 Å². The third-order valence-corrected chi connectivity index (χ3v) is 4.26. The monoisotopic (exact) mass is 275 g/mol. The van der Waals surface area contributed by atoms with Crippen molar-refractivity contribution in [2.75, 3.05) is 13.2 Å². The van der Waals surface area contributed by atoms with E-state index in [0.717, 1.165) is 13.2 Å². The maximum absolute atomic E-state index is 6.17. The van der Waals surface area contributed by atoms with Gasteiger partial charge in [-0.25, -0.2) is 0 Å². The largest absolute Gasteiger partial charge is 0.373 e. The Kier molecular flexibility index (Phi) is 5.22. The molecule has 0 aromatic heterocycles. The molecule has 1 aromatic carbocycles. The first kappa shape index (κ1) is 15.5.